The van der Waals surface area contributed by atoms with Crippen molar-refractivity contribution in [2.45, 2.75) is 44.8 Å². The van der Waals surface area contributed by atoms with E-state index in [1.165, 1.54) is 6.26 Å². The normalized spacial score (nSPS) is 30.1. The molecule has 1 spiro atoms. The summed E-state index contributed by atoms with van der Waals surface area (Å²) in [5, 5.41) is 10.2. The summed E-state index contributed by atoms with van der Waals surface area (Å²) in [5.74, 6) is 0.257. The van der Waals surface area contributed by atoms with Crippen molar-refractivity contribution in [1.82, 2.24) is 9.88 Å². The van der Waals surface area contributed by atoms with E-state index >= 15 is 0 Å². The Bertz CT molecular complexity index is 502. The molecule has 1 amide bonds. The number of aromatic nitrogens is 1. The molecule has 1 aliphatic carbocycles. The molecule has 1 saturated heterocycles. The number of carbonyl (C=O) groups is 1. The summed E-state index contributed by atoms with van der Waals surface area (Å²) < 4.78 is 5.13. The van der Waals surface area contributed by atoms with E-state index in [0.29, 0.717) is 18.1 Å². The van der Waals surface area contributed by atoms with Crippen LogP contribution in [0, 0.1) is 5.41 Å². The van der Waals surface area contributed by atoms with E-state index in [4.69, 9.17) is 10.2 Å². The molecule has 0 bridgehead atoms. The monoisotopic (exact) mass is 279 g/mol. The molecule has 1 aliphatic heterocycles. The number of piperidine rings is 1. The second-order valence-electron chi connectivity index (χ2n) is 5.93. The van der Waals surface area contributed by atoms with Crippen molar-refractivity contribution in [3.8, 4) is 0 Å². The summed E-state index contributed by atoms with van der Waals surface area (Å²) >= 11 is 0. The van der Waals surface area contributed by atoms with Gasteiger partial charge in [-0.2, -0.15) is 0 Å². The fourth-order valence-electron chi connectivity index (χ4n) is 3.59. The lowest BCUT2D eigenvalue weighted by Crippen LogP contribution is -2.49. The fourth-order valence-corrected chi connectivity index (χ4v) is 3.59. The van der Waals surface area contributed by atoms with Gasteiger partial charge in [-0.25, -0.2) is 4.98 Å². The molecule has 6 nitrogen and oxygen atoms in total. The number of nitrogens with two attached hydrogens (primary N) is 1. The average Bonchev–Trinajstić information content (AvgIpc) is 3.07. The van der Waals surface area contributed by atoms with Crippen LogP contribution in [0.2, 0.25) is 0 Å². The molecule has 2 heterocycles. The van der Waals surface area contributed by atoms with Crippen molar-refractivity contribution in [1.29, 1.82) is 0 Å². The lowest BCUT2D eigenvalue weighted by Gasteiger charge is -2.42. The Kier molecular flexibility index (Phi) is 3.52. The first-order valence-corrected chi connectivity index (χ1v) is 7.26. The Hall–Kier alpha value is -1.40. The molecule has 6 heteroatoms. The van der Waals surface area contributed by atoms with E-state index in [-0.39, 0.29) is 24.0 Å². The number of nitrogens with zero attached hydrogens (tertiary/aromatic N) is 2. The molecule has 2 atom stereocenters. The number of hydrogen-bond acceptors (Lipinski definition) is 5. The highest BCUT2D eigenvalue weighted by atomic mass is 16.3. The van der Waals surface area contributed by atoms with Gasteiger partial charge in [0.05, 0.1) is 12.6 Å². The van der Waals surface area contributed by atoms with E-state index < -0.39 is 0 Å². The number of amides is 1. The summed E-state index contributed by atoms with van der Waals surface area (Å²) in [6, 6.07) is 0. The van der Waals surface area contributed by atoms with Gasteiger partial charge in [-0.3, -0.25) is 4.79 Å². The molecule has 0 aromatic carbocycles. The minimum atomic E-state index is -0.282. The second kappa shape index (κ2) is 5.18. The highest BCUT2D eigenvalue weighted by Crippen LogP contribution is 2.45. The van der Waals surface area contributed by atoms with E-state index in [9.17, 15) is 9.90 Å². The van der Waals surface area contributed by atoms with Crippen LogP contribution in [0.25, 0.3) is 0 Å². The number of hydrogen-bond donors (Lipinski definition) is 2. The first kappa shape index (κ1) is 13.6. The molecule has 3 rings (SSSR count). The maximum Gasteiger partial charge on any atom is 0.275 e. The molecular formula is C14H21N3O3. The maximum atomic E-state index is 12.5. The van der Waals surface area contributed by atoms with E-state index in [2.05, 4.69) is 4.98 Å². The lowest BCUT2D eigenvalue weighted by atomic mass is 9.76. The van der Waals surface area contributed by atoms with Crippen LogP contribution in [0.5, 0.6) is 0 Å². The van der Waals surface area contributed by atoms with E-state index in [1.54, 1.807) is 4.90 Å². The van der Waals surface area contributed by atoms with E-state index in [0.717, 1.165) is 38.6 Å². The number of likely N-dealkylation sites (tertiary alicyclic amines) is 1. The third-order valence-electron chi connectivity index (χ3n) is 4.70. The SMILES string of the molecule is NCc1nc(C(=O)N2CCC[C@]3(CCC[C@H]3O)C2)co1. The van der Waals surface area contributed by atoms with Gasteiger partial charge in [0.15, 0.2) is 5.69 Å². The summed E-state index contributed by atoms with van der Waals surface area (Å²) in [6.07, 6.45) is 5.93. The largest absolute Gasteiger partial charge is 0.447 e. The number of oxazole rings is 1. The molecule has 0 unspecified atom stereocenters. The molecule has 1 aromatic heterocycles. The van der Waals surface area contributed by atoms with Crippen molar-refractivity contribution in [3.05, 3.63) is 17.8 Å². The zero-order chi connectivity index (χ0) is 14.2. The van der Waals surface area contributed by atoms with Gasteiger partial charge >= 0.3 is 0 Å². The van der Waals surface area contributed by atoms with Crippen molar-refractivity contribution < 1.29 is 14.3 Å². The number of carbonyl (C=O) groups excluding carboxylic acids is 1. The van der Waals surface area contributed by atoms with Crippen molar-refractivity contribution >= 4 is 5.91 Å². The molecule has 1 aromatic rings. The number of aliphatic hydroxyl groups excluding tert-OH is 1. The van der Waals surface area contributed by atoms with Gasteiger partial charge in [-0.15, -0.1) is 0 Å². The van der Waals surface area contributed by atoms with E-state index in [1.807, 2.05) is 0 Å². The van der Waals surface area contributed by atoms with Crippen molar-refractivity contribution in [3.63, 3.8) is 0 Å². The predicted octanol–water partition coefficient (Wildman–Crippen LogP) is 0.900. The Balaban J connectivity index is 1.75. The Morgan fingerprint density at radius 2 is 2.35 bits per heavy atom. The van der Waals surface area contributed by atoms with Crippen LogP contribution in [-0.4, -0.2) is 40.1 Å². The molecule has 20 heavy (non-hydrogen) atoms. The van der Waals surface area contributed by atoms with Gasteiger partial charge in [0.1, 0.15) is 6.26 Å². The smallest absolute Gasteiger partial charge is 0.275 e. The van der Waals surface area contributed by atoms with Crippen LogP contribution in [0.4, 0.5) is 0 Å². The third kappa shape index (κ3) is 2.23. The minimum Gasteiger partial charge on any atom is -0.447 e. The van der Waals surface area contributed by atoms with Gasteiger partial charge in [0.25, 0.3) is 5.91 Å². The average molecular weight is 279 g/mol. The first-order valence-electron chi connectivity index (χ1n) is 7.26. The number of aliphatic hydroxyl groups is 1. The minimum absolute atomic E-state index is 0.103. The van der Waals surface area contributed by atoms with Gasteiger partial charge in [0.2, 0.25) is 5.89 Å². The van der Waals surface area contributed by atoms with Gasteiger partial charge < -0.3 is 20.2 Å². The Morgan fingerprint density at radius 1 is 1.55 bits per heavy atom. The fraction of sp³-hybridized carbons (Fsp3) is 0.714. The summed E-state index contributed by atoms with van der Waals surface area (Å²) in [6.45, 7) is 1.53. The topological polar surface area (TPSA) is 92.6 Å². The summed E-state index contributed by atoms with van der Waals surface area (Å²) in [5.41, 5.74) is 5.65. The van der Waals surface area contributed by atoms with Gasteiger partial charge in [-0.1, -0.05) is 6.42 Å². The van der Waals surface area contributed by atoms with Crippen LogP contribution in [-0.2, 0) is 6.54 Å². The molecule has 110 valence electrons. The zero-order valence-electron chi connectivity index (χ0n) is 11.5. The predicted molar refractivity (Wildman–Crippen MR) is 71.8 cm³/mol. The highest BCUT2D eigenvalue weighted by molar-refractivity contribution is 5.92. The molecule has 3 N–H and O–H groups in total. The maximum absolute atomic E-state index is 12.5. The third-order valence-corrected chi connectivity index (χ3v) is 4.70. The second-order valence-corrected chi connectivity index (χ2v) is 5.93. The van der Waals surface area contributed by atoms with Gasteiger partial charge in [0, 0.05) is 18.5 Å². The molecule has 0 radical (unpaired) electrons. The Morgan fingerprint density at radius 3 is 3.00 bits per heavy atom. The number of rotatable bonds is 2. The molecule has 1 saturated carbocycles. The van der Waals surface area contributed by atoms with Crippen molar-refractivity contribution in [2.75, 3.05) is 13.1 Å². The first-order chi connectivity index (χ1) is 9.64. The van der Waals surface area contributed by atoms with Crippen LogP contribution in [0.15, 0.2) is 10.7 Å². The molecule has 2 aliphatic rings. The highest BCUT2D eigenvalue weighted by Gasteiger charge is 2.45. The summed E-state index contributed by atoms with van der Waals surface area (Å²) in [4.78, 5) is 18.4. The summed E-state index contributed by atoms with van der Waals surface area (Å²) in [7, 11) is 0. The van der Waals surface area contributed by atoms with Crippen LogP contribution < -0.4 is 5.73 Å². The van der Waals surface area contributed by atoms with Crippen LogP contribution in [0.3, 0.4) is 0 Å². The quantitative estimate of drug-likeness (QED) is 0.839. The molecular weight excluding hydrogens is 258 g/mol. The standard InChI is InChI=1S/C14H21N3O3/c15-7-12-16-10(8-20-12)13(19)17-6-2-5-14(9-17)4-1-3-11(14)18/h8,11,18H,1-7,9,15H2/t11-,14-/m1/s1. The van der Waals surface area contributed by atoms with Crippen LogP contribution >= 0.6 is 0 Å². The Labute approximate surface area is 118 Å². The molecule has 2 fully saturated rings. The van der Waals surface area contributed by atoms with Crippen molar-refractivity contribution in [2.24, 2.45) is 11.1 Å². The lowest BCUT2D eigenvalue weighted by molar-refractivity contribution is -0.00555. The zero-order valence-corrected chi connectivity index (χ0v) is 11.5. The van der Waals surface area contributed by atoms with Crippen LogP contribution in [0.1, 0.15) is 48.5 Å². The van der Waals surface area contributed by atoms with Gasteiger partial charge in [-0.05, 0) is 25.7 Å².